The lowest BCUT2D eigenvalue weighted by Crippen LogP contribution is -2.46. The van der Waals surface area contributed by atoms with Crippen molar-refractivity contribution >= 4 is 17.4 Å². The van der Waals surface area contributed by atoms with Crippen molar-refractivity contribution in [2.45, 2.75) is 31.8 Å². The van der Waals surface area contributed by atoms with Crippen molar-refractivity contribution in [1.29, 1.82) is 0 Å². The van der Waals surface area contributed by atoms with Crippen LogP contribution in [-0.2, 0) is 4.79 Å². The third kappa shape index (κ3) is 4.00. The van der Waals surface area contributed by atoms with Gasteiger partial charge in [0, 0.05) is 31.0 Å². The van der Waals surface area contributed by atoms with Gasteiger partial charge in [0.2, 0.25) is 0 Å². The SMILES string of the molecule is CN=C1C=C(Nc2cccn(-c3ccc(F)cc3)c2=O)NC2=C(C(=O)NC3CC3)C(C)NN12. The minimum atomic E-state index is -0.372. The lowest BCUT2D eigenvalue weighted by Gasteiger charge is -2.29. The molecule has 0 radical (unpaired) electrons. The van der Waals surface area contributed by atoms with Crippen LogP contribution in [-0.4, -0.2) is 40.5 Å². The Hall–Kier alpha value is -3.92. The van der Waals surface area contributed by atoms with Crippen molar-refractivity contribution in [2.75, 3.05) is 12.4 Å². The number of amides is 1. The molecule has 0 spiro atoms. The summed E-state index contributed by atoms with van der Waals surface area (Å²) < 4.78 is 14.7. The first kappa shape index (κ1) is 21.0. The summed E-state index contributed by atoms with van der Waals surface area (Å²) in [6.45, 7) is 1.91. The number of benzene rings is 1. The highest BCUT2D eigenvalue weighted by Gasteiger charge is 2.38. The van der Waals surface area contributed by atoms with Crippen molar-refractivity contribution < 1.29 is 9.18 Å². The van der Waals surface area contributed by atoms with E-state index in [1.165, 1.54) is 16.7 Å². The number of nitrogens with zero attached hydrogens (tertiary/aromatic N) is 3. The average Bonchev–Trinajstić information content (AvgIpc) is 3.54. The fourth-order valence-corrected chi connectivity index (χ4v) is 3.88. The molecule has 1 aliphatic carbocycles. The number of hydrazine groups is 1. The maximum absolute atomic E-state index is 13.3. The van der Waals surface area contributed by atoms with E-state index in [1.54, 1.807) is 48.6 Å². The van der Waals surface area contributed by atoms with Crippen LogP contribution in [0.15, 0.2) is 75.7 Å². The molecular formula is C23H24FN7O2. The van der Waals surface area contributed by atoms with E-state index >= 15 is 0 Å². The molecule has 0 bridgehead atoms. The largest absolute Gasteiger partial charge is 0.349 e. The van der Waals surface area contributed by atoms with Crippen LogP contribution >= 0.6 is 0 Å². The van der Waals surface area contributed by atoms with E-state index in [0.29, 0.717) is 34.4 Å². The zero-order valence-corrected chi connectivity index (χ0v) is 18.2. The molecule has 4 N–H and O–H groups in total. The highest BCUT2D eigenvalue weighted by atomic mass is 19.1. The number of pyridine rings is 1. The van der Waals surface area contributed by atoms with Gasteiger partial charge in [-0.2, -0.15) is 0 Å². The van der Waals surface area contributed by atoms with Crippen LogP contribution in [0.4, 0.5) is 10.1 Å². The van der Waals surface area contributed by atoms with Crippen LogP contribution in [0, 0.1) is 5.82 Å². The van der Waals surface area contributed by atoms with Crippen LogP contribution in [0.2, 0.25) is 0 Å². The number of aliphatic imine (C=N–C) groups is 1. The number of carbonyl (C=O) groups excluding carboxylic acids is 1. The van der Waals surface area contributed by atoms with Crippen LogP contribution in [0.5, 0.6) is 0 Å². The Kier molecular flexibility index (Phi) is 5.21. The van der Waals surface area contributed by atoms with Gasteiger partial charge >= 0.3 is 0 Å². The molecule has 1 fully saturated rings. The van der Waals surface area contributed by atoms with Gasteiger partial charge in [-0.1, -0.05) is 0 Å². The molecular weight excluding hydrogens is 425 g/mol. The van der Waals surface area contributed by atoms with Gasteiger partial charge in [0.25, 0.3) is 11.5 Å². The van der Waals surface area contributed by atoms with Gasteiger partial charge in [0.1, 0.15) is 29.0 Å². The van der Waals surface area contributed by atoms with Crippen LogP contribution in [0.3, 0.4) is 0 Å². The number of aromatic nitrogens is 1. The van der Waals surface area contributed by atoms with Crippen LogP contribution < -0.4 is 26.9 Å². The fourth-order valence-electron chi connectivity index (χ4n) is 3.88. The molecule has 3 aliphatic rings. The Morgan fingerprint density at radius 1 is 1.21 bits per heavy atom. The first-order chi connectivity index (χ1) is 15.9. The number of rotatable bonds is 5. The third-order valence-corrected chi connectivity index (χ3v) is 5.70. The lowest BCUT2D eigenvalue weighted by atomic mass is 10.1. The summed E-state index contributed by atoms with van der Waals surface area (Å²) in [7, 11) is 1.66. The maximum Gasteiger partial charge on any atom is 0.278 e. The second-order valence-electron chi connectivity index (χ2n) is 8.16. The van der Waals surface area contributed by atoms with Gasteiger partial charge in [-0.15, -0.1) is 0 Å². The van der Waals surface area contributed by atoms with Gasteiger partial charge in [-0.05, 0) is 56.2 Å². The number of halogens is 1. The topological polar surface area (TPSA) is 103 Å². The standard InChI is InChI=1S/C23H24FN7O2/c1-13-20(22(32)26-15-7-8-15)21-28-18(12-19(25-2)31(21)29-13)27-17-4-3-11-30(23(17)33)16-9-5-14(24)6-10-16/h3-6,9-13,15,27-29H,7-8H2,1-2H3,(H,26,32). The Bertz CT molecular complexity index is 1260. The summed E-state index contributed by atoms with van der Waals surface area (Å²) >= 11 is 0. The van der Waals surface area contributed by atoms with E-state index in [-0.39, 0.29) is 29.4 Å². The predicted octanol–water partition coefficient (Wildman–Crippen LogP) is 1.56. The molecule has 0 saturated heterocycles. The lowest BCUT2D eigenvalue weighted by molar-refractivity contribution is -0.117. The zero-order valence-electron chi connectivity index (χ0n) is 18.2. The molecule has 1 aromatic heterocycles. The van der Waals surface area contributed by atoms with Crippen molar-refractivity contribution in [1.82, 2.24) is 25.6 Å². The highest BCUT2D eigenvalue weighted by molar-refractivity contribution is 6.01. The number of amidine groups is 1. The number of fused-ring (bicyclic) bond motifs is 1. The van der Waals surface area contributed by atoms with Gasteiger partial charge in [-0.3, -0.25) is 19.1 Å². The quantitative estimate of drug-likeness (QED) is 0.553. The number of anilines is 1. The molecule has 1 saturated carbocycles. The molecule has 2 aliphatic heterocycles. The number of hydrogen-bond donors (Lipinski definition) is 4. The Labute approximate surface area is 189 Å². The molecule has 10 heteroatoms. The van der Waals surface area contributed by atoms with E-state index < -0.39 is 0 Å². The summed E-state index contributed by atoms with van der Waals surface area (Å²) in [5.41, 5.74) is 4.38. The summed E-state index contributed by atoms with van der Waals surface area (Å²) in [6, 6.07) is 9.09. The number of nitrogens with one attached hydrogen (secondary N) is 4. The van der Waals surface area contributed by atoms with Crippen molar-refractivity contribution in [3.63, 3.8) is 0 Å². The molecule has 2 aromatic rings. The second-order valence-corrected chi connectivity index (χ2v) is 8.16. The van der Waals surface area contributed by atoms with Gasteiger partial charge in [0.05, 0.1) is 11.6 Å². The summed E-state index contributed by atoms with van der Waals surface area (Å²) in [5.74, 6) is 1.16. The molecule has 9 nitrogen and oxygen atoms in total. The molecule has 170 valence electrons. The minimum absolute atomic E-state index is 0.127. The van der Waals surface area contributed by atoms with E-state index in [9.17, 15) is 14.0 Å². The van der Waals surface area contributed by atoms with Gasteiger partial charge in [0.15, 0.2) is 0 Å². The fraction of sp³-hybridized carbons (Fsp3) is 0.261. The first-order valence-electron chi connectivity index (χ1n) is 10.8. The summed E-state index contributed by atoms with van der Waals surface area (Å²) in [6.07, 6.45) is 5.36. The van der Waals surface area contributed by atoms with Crippen molar-refractivity contribution in [2.24, 2.45) is 4.99 Å². The smallest absolute Gasteiger partial charge is 0.278 e. The Morgan fingerprint density at radius 2 is 1.97 bits per heavy atom. The normalized spacial score (nSPS) is 20.9. The molecule has 33 heavy (non-hydrogen) atoms. The van der Waals surface area contributed by atoms with E-state index in [4.69, 9.17) is 0 Å². The molecule has 1 aromatic carbocycles. The monoisotopic (exact) mass is 449 g/mol. The summed E-state index contributed by atoms with van der Waals surface area (Å²) in [4.78, 5) is 30.3. The van der Waals surface area contributed by atoms with Gasteiger partial charge < -0.3 is 16.0 Å². The third-order valence-electron chi connectivity index (χ3n) is 5.70. The minimum Gasteiger partial charge on any atom is -0.349 e. The van der Waals surface area contributed by atoms with E-state index in [2.05, 4.69) is 26.4 Å². The Morgan fingerprint density at radius 3 is 2.67 bits per heavy atom. The number of carbonyl (C=O) groups is 1. The zero-order chi connectivity index (χ0) is 23.1. The van der Waals surface area contributed by atoms with Crippen LogP contribution in [0.25, 0.3) is 5.69 Å². The number of hydrogen-bond acceptors (Lipinski definition) is 6. The highest BCUT2D eigenvalue weighted by Crippen LogP contribution is 2.26. The first-order valence-corrected chi connectivity index (χ1v) is 10.8. The predicted molar refractivity (Wildman–Crippen MR) is 123 cm³/mol. The maximum atomic E-state index is 13.3. The molecule has 1 atom stereocenters. The molecule has 1 amide bonds. The average molecular weight is 449 g/mol. The Balaban J connectivity index is 1.46. The second kappa shape index (κ2) is 8.21. The van der Waals surface area contributed by atoms with E-state index in [1.807, 2.05) is 6.92 Å². The molecule has 5 rings (SSSR count). The van der Waals surface area contributed by atoms with Gasteiger partial charge in [-0.25, -0.2) is 14.8 Å². The van der Waals surface area contributed by atoms with Crippen molar-refractivity contribution in [3.05, 3.63) is 82.1 Å². The van der Waals surface area contributed by atoms with Crippen molar-refractivity contribution in [3.8, 4) is 5.69 Å². The molecule has 3 heterocycles. The summed E-state index contributed by atoms with van der Waals surface area (Å²) in [5, 5.41) is 11.1. The van der Waals surface area contributed by atoms with Crippen LogP contribution in [0.1, 0.15) is 19.8 Å². The van der Waals surface area contributed by atoms with E-state index in [0.717, 1.165) is 12.8 Å². The molecule has 1 unspecified atom stereocenters.